The van der Waals surface area contributed by atoms with Crippen molar-refractivity contribution in [1.29, 1.82) is 0 Å². The molecule has 0 radical (unpaired) electrons. The Kier molecular flexibility index (Phi) is 8.48. The van der Waals surface area contributed by atoms with Crippen molar-refractivity contribution in [3.8, 4) is 0 Å². The van der Waals surface area contributed by atoms with Crippen LogP contribution in [0, 0.1) is 0 Å². The van der Waals surface area contributed by atoms with Crippen LogP contribution < -0.4 is 5.32 Å². The monoisotopic (exact) mass is 408 g/mol. The van der Waals surface area contributed by atoms with Gasteiger partial charge in [-0.25, -0.2) is 9.59 Å². The summed E-state index contributed by atoms with van der Waals surface area (Å²) in [7, 11) is 0. The van der Waals surface area contributed by atoms with E-state index in [0.29, 0.717) is 0 Å². The highest BCUT2D eigenvalue weighted by atomic mass is 16.6. The number of carboxylic acids is 1. The van der Waals surface area contributed by atoms with Crippen molar-refractivity contribution in [3.63, 3.8) is 0 Å². The topological polar surface area (TPSA) is 105 Å². The van der Waals surface area contributed by atoms with Gasteiger partial charge in [0.2, 0.25) is 0 Å². The van der Waals surface area contributed by atoms with Crippen LogP contribution in [0.15, 0.2) is 30.3 Å². The van der Waals surface area contributed by atoms with E-state index in [-0.39, 0.29) is 19.6 Å². The molecule has 162 valence electrons. The van der Waals surface area contributed by atoms with Crippen molar-refractivity contribution in [3.05, 3.63) is 35.9 Å². The van der Waals surface area contributed by atoms with Crippen LogP contribution in [0.4, 0.5) is 9.59 Å². The lowest BCUT2D eigenvalue weighted by atomic mass is 10.0. The molecular formula is C21H32N2O6. The van der Waals surface area contributed by atoms with Crippen molar-refractivity contribution >= 4 is 18.2 Å². The molecule has 0 aliphatic carbocycles. The average Bonchev–Trinajstić information content (AvgIpc) is 2.55. The van der Waals surface area contributed by atoms with Crippen LogP contribution in [0.1, 0.15) is 53.5 Å². The minimum atomic E-state index is -1.10. The summed E-state index contributed by atoms with van der Waals surface area (Å²) in [5.41, 5.74) is -0.540. The normalized spacial score (nSPS) is 12.6. The largest absolute Gasteiger partial charge is 0.481 e. The molecule has 2 amide bonds. The number of carbonyl (C=O) groups is 3. The first-order chi connectivity index (χ1) is 13.3. The van der Waals surface area contributed by atoms with Gasteiger partial charge in [-0.05, 0) is 47.1 Å². The summed E-state index contributed by atoms with van der Waals surface area (Å²) in [6.07, 6.45) is -1.70. The van der Waals surface area contributed by atoms with Crippen LogP contribution in [0.3, 0.4) is 0 Å². The molecule has 1 atom stereocenters. The Labute approximate surface area is 172 Å². The Morgan fingerprint density at radius 2 is 1.66 bits per heavy atom. The second-order valence-corrected chi connectivity index (χ2v) is 8.76. The van der Waals surface area contributed by atoms with Gasteiger partial charge in [-0.15, -0.1) is 0 Å². The van der Waals surface area contributed by atoms with Gasteiger partial charge in [0.05, 0.1) is 12.5 Å². The van der Waals surface area contributed by atoms with Gasteiger partial charge in [0.1, 0.15) is 12.2 Å². The van der Waals surface area contributed by atoms with Gasteiger partial charge in [-0.3, -0.25) is 4.79 Å². The van der Waals surface area contributed by atoms with Crippen LogP contribution in [0.2, 0.25) is 0 Å². The Morgan fingerprint density at radius 3 is 2.14 bits per heavy atom. The molecule has 1 aromatic carbocycles. The molecule has 0 aliphatic rings. The third kappa shape index (κ3) is 9.82. The number of rotatable bonds is 7. The zero-order valence-electron chi connectivity index (χ0n) is 18.0. The first-order valence-corrected chi connectivity index (χ1v) is 9.47. The summed E-state index contributed by atoms with van der Waals surface area (Å²) in [6.45, 7) is 10.7. The second kappa shape index (κ2) is 10.1. The zero-order valence-corrected chi connectivity index (χ0v) is 18.0. The van der Waals surface area contributed by atoms with E-state index in [4.69, 9.17) is 9.47 Å². The first-order valence-electron chi connectivity index (χ1n) is 9.47. The number of benzene rings is 1. The van der Waals surface area contributed by atoms with E-state index in [1.54, 1.807) is 20.8 Å². The number of nitrogens with one attached hydrogen (secondary N) is 1. The standard InChI is InChI=1S/C21H32N2O6/c1-20(2,3)23(19(27)29-21(4,5)6)13-16(12-17(24)25)22-18(26)28-14-15-10-8-7-9-11-15/h7-11,16H,12-14H2,1-6H3,(H,22,26)(H,24,25). The number of alkyl carbamates (subject to hydrolysis) is 1. The highest BCUT2D eigenvalue weighted by Crippen LogP contribution is 2.19. The number of nitrogens with zero attached hydrogens (tertiary/aromatic N) is 1. The van der Waals surface area contributed by atoms with Crippen LogP contribution >= 0.6 is 0 Å². The third-order valence-electron chi connectivity index (χ3n) is 3.78. The highest BCUT2D eigenvalue weighted by molar-refractivity contribution is 5.72. The molecule has 8 nitrogen and oxygen atoms in total. The fourth-order valence-corrected chi connectivity index (χ4v) is 2.46. The second-order valence-electron chi connectivity index (χ2n) is 8.76. The fraction of sp³-hybridized carbons (Fsp3) is 0.571. The lowest BCUT2D eigenvalue weighted by Gasteiger charge is -2.38. The van der Waals surface area contributed by atoms with Crippen molar-refractivity contribution < 1.29 is 29.0 Å². The molecule has 1 rings (SSSR count). The Bertz CT molecular complexity index is 691. The molecule has 0 spiro atoms. The lowest BCUT2D eigenvalue weighted by molar-refractivity contribution is -0.137. The average molecular weight is 408 g/mol. The van der Waals surface area contributed by atoms with Gasteiger partial charge < -0.3 is 24.8 Å². The fourth-order valence-electron chi connectivity index (χ4n) is 2.46. The third-order valence-corrected chi connectivity index (χ3v) is 3.78. The first kappa shape index (κ1) is 24.3. The van der Waals surface area contributed by atoms with Gasteiger partial charge in [0.15, 0.2) is 0 Å². The highest BCUT2D eigenvalue weighted by Gasteiger charge is 2.33. The van der Waals surface area contributed by atoms with E-state index in [1.807, 2.05) is 51.1 Å². The maximum atomic E-state index is 12.6. The summed E-state index contributed by atoms with van der Waals surface area (Å²) in [4.78, 5) is 37.5. The summed E-state index contributed by atoms with van der Waals surface area (Å²) in [6, 6.07) is 8.28. The smallest absolute Gasteiger partial charge is 0.410 e. The van der Waals surface area contributed by atoms with Crippen LogP contribution in [0.25, 0.3) is 0 Å². The van der Waals surface area contributed by atoms with Crippen LogP contribution in [-0.4, -0.2) is 51.9 Å². The molecule has 0 saturated heterocycles. The molecule has 29 heavy (non-hydrogen) atoms. The Hall–Kier alpha value is -2.77. The SMILES string of the molecule is CC(C)(C)OC(=O)N(CC(CC(=O)O)NC(=O)OCc1ccccc1)C(C)(C)C. The van der Waals surface area contributed by atoms with Gasteiger partial charge in [0.25, 0.3) is 0 Å². The number of carboxylic acid groups (broad SMARTS) is 1. The minimum Gasteiger partial charge on any atom is -0.481 e. The number of hydrogen-bond acceptors (Lipinski definition) is 5. The number of amides is 2. The van der Waals surface area contributed by atoms with E-state index in [1.165, 1.54) is 4.90 Å². The molecule has 0 aromatic heterocycles. The number of carbonyl (C=O) groups excluding carboxylic acids is 2. The maximum absolute atomic E-state index is 12.6. The molecule has 8 heteroatoms. The molecule has 0 saturated carbocycles. The zero-order chi connectivity index (χ0) is 22.2. The number of aliphatic carboxylic acids is 1. The van der Waals surface area contributed by atoms with Crippen LogP contribution in [0.5, 0.6) is 0 Å². The van der Waals surface area contributed by atoms with Crippen molar-refractivity contribution in [1.82, 2.24) is 10.2 Å². The van der Waals surface area contributed by atoms with Gasteiger partial charge in [0, 0.05) is 12.1 Å². The molecule has 0 fully saturated rings. The van der Waals surface area contributed by atoms with Gasteiger partial charge >= 0.3 is 18.2 Å². The summed E-state index contributed by atoms with van der Waals surface area (Å²) in [5.74, 6) is -1.10. The van der Waals surface area contributed by atoms with E-state index < -0.39 is 35.3 Å². The predicted octanol–water partition coefficient (Wildman–Crippen LogP) is 3.79. The minimum absolute atomic E-state index is 0.0366. The lowest BCUT2D eigenvalue weighted by Crippen LogP contribution is -2.54. The molecule has 0 aliphatic heterocycles. The van der Waals surface area contributed by atoms with E-state index in [2.05, 4.69) is 5.32 Å². The summed E-state index contributed by atoms with van der Waals surface area (Å²) in [5, 5.41) is 11.8. The van der Waals surface area contributed by atoms with E-state index in [9.17, 15) is 19.5 Å². The molecule has 1 unspecified atom stereocenters. The number of ether oxygens (including phenoxy) is 2. The van der Waals surface area contributed by atoms with Gasteiger partial charge in [-0.2, -0.15) is 0 Å². The quantitative estimate of drug-likeness (QED) is 0.711. The molecular weight excluding hydrogens is 376 g/mol. The summed E-state index contributed by atoms with van der Waals surface area (Å²) < 4.78 is 10.6. The molecule has 1 aromatic rings. The molecule has 0 bridgehead atoms. The Balaban J connectivity index is 2.83. The molecule has 0 heterocycles. The van der Waals surface area contributed by atoms with Crippen molar-refractivity contribution in [2.75, 3.05) is 6.54 Å². The van der Waals surface area contributed by atoms with Crippen molar-refractivity contribution in [2.24, 2.45) is 0 Å². The molecule has 2 N–H and O–H groups in total. The van der Waals surface area contributed by atoms with Gasteiger partial charge in [-0.1, -0.05) is 30.3 Å². The maximum Gasteiger partial charge on any atom is 0.410 e. The Morgan fingerprint density at radius 1 is 1.07 bits per heavy atom. The van der Waals surface area contributed by atoms with E-state index in [0.717, 1.165) is 5.56 Å². The predicted molar refractivity (Wildman–Crippen MR) is 108 cm³/mol. The summed E-state index contributed by atoms with van der Waals surface area (Å²) >= 11 is 0. The van der Waals surface area contributed by atoms with Crippen LogP contribution in [-0.2, 0) is 20.9 Å². The van der Waals surface area contributed by atoms with Crippen molar-refractivity contribution in [2.45, 2.75) is 71.8 Å². The number of hydrogen-bond donors (Lipinski definition) is 2. The van der Waals surface area contributed by atoms with E-state index >= 15 is 0 Å².